The number of carbonyl (C=O) groups excluding carboxylic acids is 2. The first-order valence-corrected chi connectivity index (χ1v) is 7.03. The SMILES string of the molecule is COc1ccccc1N1CCC(NC(=O)C(C)CN)C1=O.Cl. The highest BCUT2D eigenvalue weighted by atomic mass is 35.5. The van der Waals surface area contributed by atoms with E-state index >= 15 is 0 Å². The molecule has 1 aliphatic heterocycles. The van der Waals surface area contributed by atoms with Crippen molar-refractivity contribution < 1.29 is 14.3 Å². The predicted octanol–water partition coefficient (Wildman–Crippen LogP) is 0.933. The number of ether oxygens (including phenoxy) is 1. The van der Waals surface area contributed by atoms with Crippen molar-refractivity contribution >= 4 is 29.9 Å². The second kappa shape index (κ2) is 8.00. The zero-order chi connectivity index (χ0) is 15.4. The van der Waals surface area contributed by atoms with Crippen molar-refractivity contribution in [3.63, 3.8) is 0 Å². The molecule has 1 aliphatic rings. The van der Waals surface area contributed by atoms with Crippen LogP contribution in [0.1, 0.15) is 13.3 Å². The number of nitrogens with zero attached hydrogens (tertiary/aromatic N) is 1. The Morgan fingerprint density at radius 3 is 2.82 bits per heavy atom. The van der Waals surface area contributed by atoms with E-state index in [1.807, 2.05) is 24.3 Å². The maximum absolute atomic E-state index is 12.4. The molecule has 0 aromatic heterocycles. The van der Waals surface area contributed by atoms with Gasteiger partial charge in [0.15, 0.2) is 0 Å². The van der Waals surface area contributed by atoms with Crippen LogP contribution in [0.15, 0.2) is 24.3 Å². The molecule has 1 saturated heterocycles. The minimum absolute atomic E-state index is 0. The van der Waals surface area contributed by atoms with Gasteiger partial charge in [-0.3, -0.25) is 9.59 Å². The average Bonchev–Trinajstić information content (AvgIpc) is 2.87. The van der Waals surface area contributed by atoms with Crippen LogP contribution < -0.4 is 20.7 Å². The molecule has 1 aromatic rings. The largest absolute Gasteiger partial charge is 0.495 e. The Morgan fingerprint density at radius 2 is 2.18 bits per heavy atom. The van der Waals surface area contributed by atoms with E-state index in [2.05, 4.69) is 5.32 Å². The molecule has 7 heteroatoms. The Morgan fingerprint density at radius 1 is 1.50 bits per heavy atom. The molecule has 0 saturated carbocycles. The summed E-state index contributed by atoms with van der Waals surface area (Å²) in [6.45, 7) is 2.57. The van der Waals surface area contributed by atoms with Crippen LogP contribution in [0.3, 0.4) is 0 Å². The lowest BCUT2D eigenvalue weighted by molar-refractivity contribution is -0.128. The molecule has 2 unspecified atom stereocenters. The lowest BCUT2D eigenvalue weighted by atomic mass is 10.1. The van der Waals surface area contributed by atoms with Crippen LogP contribution in [0.2, 0.25) is 0 Å². The zero-order valence-corrected chi connectivity index (χ0v) is 13.6. The van der Waals surface area contributed by atoms with Gasteiger partial charge in [0.1, 0.15) is 11.8 Å². The quantitative estimate of drug-likeness (QED) is 0.842. The number of rotatable bonds is 5. The molecule has 1 aromatic carbocycles. The first-order valence-electron chi connectivity index (χ1n) is 7.03. The molecule has 2 rings (SSSR count). The molecule has 2 atom stereocenters. The molecule has 1 heterocycles. The van der Waals surface area contributed by atoms with Gasteiger partial charge in [0.2, 0.25) is 11.8 Å². The van der Waals surface area contributed by atoms with Crippen LogP contribution in [0.25, 0.3) is 0 Å². The van der Waals surface area contributed by atoms with Crippen molar-refractivity contribution in [3.05, 3.63) is 24.3 Å². The maximum atomic E-state index is 12.4. The van der Waals surface area contributed by atoms with Crippen molar-refractivity contribution in [1.29, 1.82) is 0 Å². The van der Waals surface area contributed by atoms with Crippen molar-refractivity contribution in [1.82, 2.24) is 5.32 Å². The molecule has 6 nitrogen and oxygen atoms in total. The Bertz CT molecular complexity index is 539. The Hall–Kier alpha value is -1.79. The van der Waals surface area contributed by atoms with Crippen LogP contribution in [0.5, 0.6) is 5.75 Å². The van der Waals surface area contributed by atoms with Gasteiger partial charge in [0.05, 0.1) is 12.8 Å². The fraction of sp³-hybridized carbons (Fsp3) is 0.467. The first-order chi connectivity index (χ1) is 10.1. The number of halogens is 1. The first kappa shape index (κ1) is 18.3. The van der Waals surface area contributed by atoms with Crippen LogP contribution in [-0.2, 0) is 9.59 Å². The van der Waals surface area contributed by atoms with E-state index in [0.29, 0.717) is 18.7 Å². The fourth-order valence-electron chi connectivity index (χ4n) is 2.33. The number of carbonyl (C=O) groups is 2. The number of benzene rings is 1. The van der Waals surface area contributed by atoms with Crippen molar-refractivity contribution in [2.24, 2.45) is 11.7 Å². The van der Waals surface area contributed by atoms with Crippen LogP contribution >= 0.6 is 12.4 Å². The van der Waals surface area contributed by atoms with Gasteiger partial charge >= 0.3 is 0 Å². The normalized spacial score (nSPS) is 18.6. The van der Waals surface area contributed by atoms with E-state index in [9.17, 15) is 9.59 Å². The Balaban J connectivity index is 0.00000242. The van der Waals surface area contributed by atoms with Gasteiger partial charge in [0.25, 0.3) is 0 Å². The van der Waals surface area contributed by atoms with Crippen molar-refractivity contribution in [2.45, 2.75) is 19.4 Å². The van der Waals surface area contributed by atoms with E-state index in [-0.39, 0.29) is 36.7 Å². The number of amides is 2. The van der Waals surface area contributed by atoms with Gasteiger partial charge in [0, 0.05) is 19.0 Å². The van der Waals surface area contributed by atoms with E-state index in [0.717, 1.165) is 5.69 Å². The molecule has 0 spiro atoms. The summed E-state index contributed by atoms with van der Waals surface area (Å²) in [7, 11) is 1.57. The van der Waals surface area contributed by atoms with Gasteiger partial charge in [-0.2, -0.15) is 0 Å². The number of methoxy groups -OCH3 is 1. The third kappa shape index (κ3) is 3.69. The topological polar surface area (TPSA) is 84.7 Å². The van der Waals surface area contributed by atoms with Crippen LogP contribution in [0, 0.1) is 5.92 Å². The Labute approximate surface area is 136 Å². The smallest absolute Gasteiger partial charge is 0.249 e. The highest BCUT2D eigenvalue weighted by Crippen LogP contribution is 2.30. The summed E-state index contributed by atoms with van der Waals surface area (Å²) in [6.07, 6.45) is 0.583. The molecule has 0 aliphatic carbocycles. The number of nitrogens with one attached hydrogen (secondary N) is 1. The van der Waals surface area contributed by atoms with E-state index < -0.39 is 6.04 Å². The third-order valence-corrected chi connectivity index (χ3v) is 3.70. The van der Waals surface area contributed by atoms with E-state index in [1.54, 1.807) is 18.9 Å². The number of para-hydroxylation sites is 2. The molecular formula is C15H22ClN3O3. The summed E-state index contributed by atoms with van der Waals surface area (Å²) in [4.78, 5) is 25.9. The molecule has 1 fully saturated rings. The zero-order valence-electron chi connectivity index (χ0n) is 12.7. The number of hydrogen-bond acceptors (Lipinski definition) is 4. The predicted molar refractivity (Wildman–Crippen MR) is 87.4 cm³/mol. The number of hydrogen-bond donors (Lipinski definition) is 2. The molecule has 0 radical (unpaired) electrons. The molecule has 122 valence electrons. The summed E-state index contributed by atoms with van der Waals surface area (Å²) in [5, 5.41) is 2.77. The number of anilines is 1. The summed E-state index contributed by atoms with van der Waals surface area (Å²) < 4.78 is 5.28. The van der Waals surface area contributed by atoms with Crippen LogP contribution in [-0.4, -0.2) is 38.1 Å². The number of nitrogens with two attached hydrogens (primary N) is 1. The highest BCUT2D eigenvalue weighted by Gasteiger charge is 2.35. The average molecular weight is 328 g/mol. The summed E-state index contributed by atoms with van der Waals surface area (Å²) in [6, 6.07) is 6.86. The summed E-state index contributed by atoms with van der Waals surface area (Å²) >= 11 is 0. The highest BCUT2D eigenvalue weighted by molar-refractivity contribution is 6.02. The minimum Gasteiger partial charge on any atom is -0.495 e. The van der Waals surface area contributed by atoms with E-state index in [4.69, 9.17) is 10.5 Å². The summed E-state index contributed by atoms with van der Waals surface area (Å²) in [5.41, 5.74) is 6.20. The lowest BCUT2D eigenvalue weighted by Gasteiger charge is -2.20. The van der Waals surface area contributed by atoms with Crippen molar-refractivity contribution in [3.8, 4) is 5.75 Å². The maximum Gasteiger partial charge on any atom is 0.249 e. The molecule has 22 heavy (non-hydrogen) atoms. The summed E-state index contributed by atoms with van der Waals surface area (Å²) in [5.74, 6) is 0.0565. The van der Waals surface area contributed by atoms with Gasteiger partial charge in [-0.25, -0.2) is 0 Å². The van der Waals surface area contributed by atoms with E-state index in [1.165, 1.54) is 0 Å². The van der Waals surface area contributed by atoms with Crippen LogP contribution in [0.4, 0.5) is 5.69 Å². The fourth-order valence-corrected chi connectivity index (χ4v) is 2.33. The van der Waals surface area contributed by atoms with Gasteiger partial charge in [-0.05, 0) is 18.6 Å². The minimum atomic E-state index is -0.489. The van der Waals surface area contributed by atoms with Gasteiger partial charge in [-0.15, -0.1) is 12.4 Å². The lowest BCUT2D eigenvalue weighted by Crippen LogP contribution is -2.44. The monoisotopic (exact) mass is 327 g/mol. The Kier molecular flexibility index (Phi) is 6.64. The molecule has 0 bridgehead atoms. The molecular weight excluding hydrogens is 306 g/mol. The molecule has 2 amide bonds. The third-order valence-electron chi connectivity index (χ3n) is 3.70. The standard InChI is InChI=1S/C15H21N3O3.ClH/c1-10(9-16)14(19)17-11-7-8-18(15(11)20)12-5-3-4-6-13(12)21-2;/h3-6,10-11H,7-9,16H2,1-2H3,(H,17,19);1H. The molecule has 3 N–H and O–H groups in total. The van der Waals surface area contributed by atoms with Gasteiger partial charge < -0.3 is 20.7 Å². The van der Waals surface area contributed by atoms with Crippen molar-refractivity contribution in [2.75, 3.05) is 25.1 Å². The second-order valence-electron chi connectivity index (χ2n) is 5.15. The second-order valence-corrected chi connectivity index (χ2v) is 5.15. The van der Waals surface area contributed by atoms with Gasteiger partial charge in [-0.1, -0.05) is 19.1 Å².